The number of piperidine rings is 1. The number of amides is 1. The molecule has 1 amide bonds. The Morgan fingerprint density at radius 3 is 2.55 bits per heavy atom. The van der Waals surface area contributed by atoms with Crippen molar-refractivity contribution in [3.8, 4) is 5.75 Å². The number of hydrogen-bond donors (Lipinski definition) is 1. The molecule has 1 aliphatic rings. The number of halogens is 1. The zero-order valence-electron chi connectivity index (χ0n) is 18.2. The Hall–Kier alpha value is -2.42. The number of sulfonamides is 1. The minimum Gasteiger partial charge on any atom is -0.491 e. The topological polar surface area (TPSA) is 75.7 Å². The number of ether oxygens (including phenoxy) is 1. The van der Waals surface area contributed by atoms with Crippen molar-refractivity contribution < 1.29 is 17.9 Å². The van der Waals surface area contributed by atoms with Gasteiger partial charge in [-0.2, -0.15) is 0 Å². The number of fused-ring (bicyclic) bond motifs is 1. The lowest BCUT2D eigenvalue weighted by atomic mass is 9.97. The van der Waals surface area contributed by atoms with Crippen LogP contribution in [0, 0.1) is 5.92 Å². The molecule has 1 N–H and O–H groups in total. The maximum absolute atomic E-state index is 12.8. The van der Waals surface area contributed by atoms with Crippen molar-refractivity contribution in [1.29, 1.82) is 0 Å². The van der Waals surface area contributed by atoms with E-state index in [1.165, 1.54) is 4.31 Å². The van der Waals surface area contributed by atoms with Crippen LogP contribution in [0.5, 0.6) is 5.75 Å². The lowest BCUT2D eigenvalue weighted by Crippen LogP contribution is -2.43. The van der Waals surface area contributed by atoms with Gasteiger partial charge in [0.1, 0.15) is 12.4 Å². The lowest BCUT2D eigenvalue weighted by molar-refractivity contribution is -0.126. The molecule has 0 aromatic heterocycles. The second kappa shape index (κ2) is 10.7. The van der Waals surface area contributed by atoms with Crippen LogP contribution in [0.25, 0.3) is 10.8 Å². The molecule has 1 heterocycles. The molecule has 0 bridgehead atoms. The highest BCUT2D eigenvalue weighted by molar-refractivity contribution is 9.10. The Morgan fingerprint density at radius 1 is 1.03 bits per heavy atom. The van der Waals surface area contributed by atoms with Gasteiger partial charge >= 0.3 is 0 Å². The molecule has 174 valence electrons. The van der Waals surface area contributed by atoms with E-state index in [4.69, 9.17) is 4.74 Å². The number of carbonyl (C=O) groups is 1. The van der Waals surface area contributed by atoms with E-state index in [0.29, 0.717) is 39.1 Å². The van der Waals surface area contributed by atoms with Gasteiger partial charge in [-0.15, -0.1) is 0 Å². The van der Waals surface area contributed by atoms with Crippen molar-refractivity contribution in [2.24, 2.45) is 5.92 Å². The van der Waals surface area contributed by atoms with Crippen molar-refractivity contribution >= 4 is 42.6 Å². The van der Waals surface area contributed by atoms with Crippen LogP contribution in [0.4, 0.5) is 0 Å². The summed E-state index contributed by atoms with van der Waals surface area (Å²) in [6, 6.07) is 21.3. The van der Waals surface area contributed by atoms with Crippen LogP contribution in [0.1, 0.15) is 18.4 Å². The first-order valence-corrected chi connectivity index (χ1v) is 13.4. The fourth-order valence-corrected chi connectivity index (χ4v) is 6.12. The summed E-state index contributed by atoms with van der Waals surface area (Å²) in [5.74, 6) is 0.543. The Bertz CT molecular complexity index is 1220. The van der Waals surface area contributed by atoms with E-state index in [9.17, 15) is 13.2 Å². The number of carbonyl (C=O) groups excluding carboxylic acids is 1. The number of hydrogen-bond acceptors (Lipinski definition) is 4. The summed E-state index contributed by atoms with van der Waals surface area (Å²) in [4.78, 5) is 12.6. The summed E-state index contributed by atoms with van der Waals surface area (Å²) in [5.41, 5.74) is 0.746. The second-order valence-electron chi connectivity index (χ2n) is 8.18. The molecule has 3 aromatic rings. The zero-order chi connectivity index (χ0) is 23.3. The van der Waals surface area contributed by atoms with E-state index in [0.717, 1.165) is 26.6 Å². The molecule has 0 saturated carbocycles. The molecule has 0 atom stereocenters. The number of benzene rings is 3. The Labute approximate surface area is 203 Å². The van der Waals surface area contributed by atoms with Gasteiger partial charge in [-0.25, -0.2) is 12.7 Å². The van der Waals surface area contributed by atoms with Crippen LogP contribution in [-0.4, -0.2) is 44.9 Å². The van der Waals surface area contributed by atoms with Crippen molar-refractivity contribution in [3.05, 3.63) is 76.8 Å². The molecule has 0 aliphatic carbocycles. The molecular formula is C25H27BrN2O4S. The molecule has 0 spiro atoms. The average molecular weight is 531 g/mol. The molecule has 0 radical (unpaired) electrons. The summed E-state index contributed by atoms with van der Waals surface area (Å²) in [5, 5.41) is 5.09. The van der Waals surface area contributed by atoms with E-state index in [1.807, 2.05) is 66.7 Å². The quantitative estimate of drug-likeness (QED) is 0.439. The third-order valence-electron chi connectivity index (χ3n) is 5.86. The molecule has 1 aliphatic heterocycles. The SMILES string of the molecule is O=C(NCCOc1cccc2ccccc12)C1CCN(S(=O)(=O)Cc2cccc(Br)c2)CC1. The molecule has 4 rings (SSSR count). The maximum atomic E-state index is 12.8. The van der Waals surface area contributed by atoms with Crippen LogP contribution in [0.15, 0.2) is 71.2 Å². The predicted octanol–water partition coefficient (Wildman–Crippen LogP) is 4.34. The first kappa shape index (κ1) is 23.7. The van der Waals surface area contributed by atoms with E-state index >= 15 is 0 Å². The van der Waals surface area contributed by atoms with Gasteiger partial charge < -0.3 is 10.1 Å². The minimum absolute atomic E-state index is 0.0329. The molecular weight excluding hydrogens is 504 g/mol. The molecule has 1 fully saturated rings. The van der Waals surface area contributed by atoms with Gasteiger partial charge in [0.2, 0.25) is 15.9 Å². The van der Waals surface area contributed by atoms with Crippen molar-refractivity contribution in [3.63, 3.8) is 0 Å². The summed E-state index contributed by atoms with van der Waals surface area (Å²) in [6.45, 7) is 1.50. The van der Waals surface area contributed by atoms with Gasteiger partial charge in [-0.3, -0.25) is 4.79 Å². The molecule has 3 aromatic carbocycles. The average Bonchev–Trinajstić information content (AvgIpc) is 2.81. The molecule has 1 saturated heterocycles. The normalized spacial score (nSPS) is 15.4. The van der Waals surface area contributed by atoms with Crippen LogP contribution in [0.3, 0.4) is 0 Å². The van der Waals surface area contributed by atoms with Gasteiger partial charge in [0.25, 0.3) is 0 Å². The van der Waals surface area contributed by atoms with Crippen LogP contribution in [0.2, 0.25) is 0 Å². The zero-order valence-corrected chi connectivity index (χ0v) is 20.6. The summed E-state index contributed by atoms with van der Waals surface area (Å²) >= 11 is 3.38. The summed E-state index contributed by atoms with van der Waals surface area (Å²) < 4.78 is 33.8. The van der Waals surface area contributed by atoms with Gasteiger partial charge in [0.15, 0.2) is 0 Å². The molecule has 8 heteroatoms. The molecule has 33 heavy (non-hydrogen) atoms. The third kappa shape index (κ3) is 6.13. The fourth-order valence-electron chi connectivity index (χ4n) is 4.13. The largest absolute Gasteiger partial charge is 0.491 e. The Balaban J connectivity index is 1.22. The lowest BCUT2D eigenvalue weighted by Gasteiger charge is -2.30. The van der Waals surface area contributed by atoms with Crippen LogP contribution >= 0.6 is 15.9 Å². The number of rotatable bonds is 8. The van der Waals surface area contributed by atoms with Gasteiger partial charge in [0.05, 0.1) is 12.3 Å². The van der Waals surface area contributed by atoms with E-state index in [2.05, 4.69) is 21.2 Å². The van der Waals surface area contributed by atoms with E-state index in [1.54, 1.807) is 0 Å². The monoisotopic (exact) mass is 530 g/mol. The van der Waals surface area contributed by atoms with Gasteiger partial charge in [-0.05, 0) is 42.0 Å². The highest BCUT2D eigenvalue weighted by atomic mass is 79.9. The second-order valence-corrected chi connectivity index (χ2v) is 11.1. The Kier molecular flexibility index (Phi) is 7.67. The van der Waals surface area contributed by atoms with Gasteiger partial charge in [-0.1, -0.05) is 64.5 Å². The highest BCUT2D eigenvalue weighted by Crippen LogP contribution is 2.25. The Morgan fingerprint density at radius 2 is 1.76 bits per heavy atom. The smallest absolute Gasteiger partial charge is 0.223 e. The maximum Gasteiger partial charge on any atom is 0.223 e. The first-order valence-electron chi connectivity index (χ1n) is 11.0. The van der Waals surface area contributed by atoms with Crippen LogP contribution in [-0.2, 0) is 20.6 Å². The van der Waals surface area contributed by atoms with Crippen LogP contribution < -0.4 is 10.1 Å². The molecule has 6 nitrogen and oxygen atoms in total. The van der Waals surface area contributed by atoms with E-state index in [-0.39, 0.29) is 17.6 Å². The summed E-state index contributed by atoms with van der Waals surface area (Å²) in [7, 11) is -3.41. The van der Waals surface area contributed by atoms with E-state index < -0.39 is 10.0 Å². The van der Waals surface area contributed by atoms with Crippen molar-refractivity contribution in [2.45, 2.75) is 18.6 Å². The van der Waals surface area contributed by atoms with Crippen molar-refractivity contribution in [1.82, 2.24) is 9.62 Å². The predicted molar refractivity (Wildman–Crippen MR) is 134 cm³/mol. The fraction of sp³-hybridized carbons (Fsp3) is 0.320. The number of nitrogens with zero attached hydrogens (tertiary/aromatic N) is 1. The van der Waals surface area contributed by atoms with Gasteiger partial charge in [0, 0.05) is 28.9 Å². The first-order chi connectivity index (χ1) is 15.9. The number of nitrogens with one attached hydrogen (secondary N) is 1. The van der Waals surface area contributed by atoms with Crippen molar-refractivity contribution in [2.75, 3.05) is 26.2 Å². The molecule has 0 unspecified atom stereocenters. The highest BCUT2D eigenvalue weighted by Gasteiger charge is 2.31. The third-order valence-corrected chi connectivity index (χ3v) is 8.21. The standard InChI is InChI=1S/C25H27BrN2O4S/c26-22-8-3-5-19(17-22)18-33(30,31)28-14-11-21(12-15-28)25(29)27-13-16-32-24-10-4-7-20-6-1-2-9-23(20)24/h1-10,17,21H,11-16,18H2,(H,27,29). The minimum atomic E-state index is -3.41. The summed E-state index contributed by atoms with van der Waals surface area (Å²) in [6.07, 6.45) is 1.04.